The van der Waals surface area contributed by atoms with Gasteiger partial charge in [0.2, 0.25) is 0 Å². The Kier molecular flexibility index (Phi) is 6.14. The molecule has 0 saturated carbocycles. The molecular formula is C15H22FN3O2. The van der Waals surface area contributed by atoms with Crippen molar-refractivity contribution >= 4 is 11.7 Å². The van der Waals surface area contributed by atoms with E-state index < -0.39 is 5.82 Å². The fraction of sp³-hybridized carbons (Fsp3) is 0.467. The number of nitrogens with two attached hydrogens (primary N) is 1. The predicted octanol–water partition coefficient (Wildman–Crippen LogP) is 2.37. The summed E-state index contributed by atoms with van der Waals surface area (Å²) in [7, 11) is 0. The molecule has 1 rings (SSSR count). The first-order valence-corrected chi connectivity index (χ1v) is 6.87. The topological polar surface area (TPSA) is 78.9 Å². The Balaban J connectivity index is 2.96. The number of amidine groups is 1. The fourth-order valence-corrected chi connectivity index (χ4v) is 2.00. The second-order valence-electron chi connectivity index (χ2n) is 5.42. The van der Waals surface area contributed by atoms with Gasteiger partial charge in [0.1, 0.15) is 11.7 Å². The van der Waals surface area contributed by atoms with E-state index in [1.54, 1.807) is 19.1 Å². The molecule has 0 heterocycles. The summed E-state index contributed by atoms with van der Waals surface area (Å²) in [5.74, 6) is -0.605. The van der Waals surface area contributed by atoms with Gasteiger partial charge < -0.3 is 15.8 Å². The molecule has 0 aliphatic carbocycles. The number of rotatable bonds is 6. The monoisotopic (exact) mass is 295 g/mol. The molecule has 1 amide bonds. The van der Waals surface area contributed by atoms with E-state index in [1.807, 2.05) is 13.8 Å². The minimum atomic E-state index is -0.500. The van der Waals surface area contributed by atoms with Gasteiger partial charge in [-0.2, -0.15) is 0 Å². The van der Waals surface area contributed by atoms with Crippen LogP contribution in [0.3, 0.4) is 0 Å². The maximum atomic E-state index is 14.1. The van der Waals surface area contributed by atoms with E-state index in [0.717, 1.165) is 0 Å². The maximum Gasteiger partial charge on any atom is 0.256 e. The number of amides is 1. The molecule has 3 N–H and O–H groups in total. The number of oxime groups is 1. The summed E-state index contributed by atoms with van der Waals surface area (Å²) in [6, 6.07) is 4.75. The van der Waals surface area contributed by atoms with Gasteiger partial charge in [-0.25, -0.2) is 4.39 Å². The highest BCUT2D eigenvalue weighted by Crippen LogP contribution is 2.15. The van der Waals surface area contributed by atoms with Crippen molar-refractivity contribution in [1.29, 1.82) is 0 Å². The number of carbonyl (C=O) groups excluding carboxylic acids is 1. The Morgan fingerprint density at radius 2 is 2.14 bits per heavy atom. The van der Waals surface area contributed by atoms with Gasteiger partial charge in [0.15, 0.2) is 0 Å². The third kappa shape index (κ3) is 4.73. The Bertz CT molecular complexity index is 530. The molecule has 0 atom stereocenters. The molecule has 116 valence electrons. The van der Waals surface area contributed by atoms with Crippen molar-refractivity contribution in [3.63, 3.8) is 0 Å². The summed E-state index contributed by atoms with van der Waals surface area (Å²) in [4.78, 5) is 14.0. The Morgan fingerprint density at radius 3 is 2.71 bits per heavy atom. The average Bonchev–Trinajstić information content (AvgIpc) is 2.44. The molecule has 0 bridgehead atoms. The van der Waals surface area contributed by atoms with Crippen LogP contribution < -0.4 is 5.73 Å². The van der Waals surface area contributed by atoms with Crippen molar-refractivity contribution in [2.24, 2.45) is 16.8 Å². The number of hydrogen-bond acceptors (Lipinski definition) is 3. The Hall–Kier alpha value is -2.11. The van der Waals surface area contributed by atoms with Crippen LogP contribution in [0.2, 0.25) is 0 Å². The number of benzene rings is 1. The highest BCUT2D eigenvalue weighted by Gasteiger charge is 2.21. The molecule has 21 heavy (non-hydrogen) atoms. The quantitative estimate of drug-likeness (QED) is 0.366. The van der Waals surface area contributed by atoms with Gasteiger partial charge in [-0.3, -0.25) is 4.79 Å². The molecule has 1 aromatic rings. The number of aryl methyl sites for hydroxylation is 1. The minimum absolute atomic E-state index is 0.0428. The SMILES string of the molecule is Cc1cccc(C(=O)N(CC/C(N)=N/O)CC(C)C)c1F. The van der Waals surface area contributed by atoms with Crippen LogP contribution in [0.5, 0.6) is 0 Å². The van der Waals surface area contributed by atoms with Crippen LogP contribution in [0.15, 0.2) is 23.4 Å². The van der Waals surface area contributed by atoms with Crippen molar-refractivity contribution < 1.29 is 14.4 Å². The summed E-state index contributed by atoms with van der Waals surface area (Å²) in [5, 5.41) is 11.5. The molecule has 1 aromatic carbocycles. The van der Waals surface area contributed by atoms with Gasteiger partial charge >= 0.3 is 0 Å². The standard InChI is InChI=1S/C15H22FN3O2/c1-10(2)9-19(8-7-13(17)18-21)15(20)12-6-4-5-11(3)14(12)16/h4-6,10,21H,7-9H2,1-3H3,(H2,17,18). The van der Waals surface area contributed by atoms with E-state index in [-0.39, 0.29) is 36.2 Å². The zero-order valence-electron chi connectivity index (χ0n) is 12.6. The van der Waals surface area contributed by atoms with Gasteiger partial charge in [0.25, 0.3) is 5.91 Å². The first-order valence-electron chi connectivity index (χ1n) is 6.87. The molecule has 0 fully saturated rings. The lowest BCUT2D eigenvalue weighted by molar-refractivity contribution is 0.0735. The number of nitrogens with zero attached hydrogens (tertiary/aromatic N) is 2. The first kappa shape index (κ1) is 16.9. The van der Waals surface area contributed by atoms with E-state index in [0.29, 0.717) is 12.1 Å². The summed E-state index contributed by atoms with van der Waals surface area (Å²) in [6.45, 7) is 6.31. The normalized spacial score (nSPS) is 11.8. The lowest BCUT2D eigenvalue weighted by atomic mass is 10.1. The summed E-state index contributed by atoms with van der Waals surface area (Å²) in [5.41, 5.74) is 5.92. The van der Waals surface area contributed by atoms with Crippen molar-refractivity contribution in [2.75, 3.05) is 13.1 Å². The zero-order chi connectivity index (χ0) is 16.0. The van der Waals surface area contributed by atoms with Gasteiger partial charge in [0, 0.05) is 19.5 Å². The molecule has 0 spiro atoms. The third-order valence-electron chi connectivity index (χ3n) is 3.06. The van der Waals surface area contributed by atoms with Crippen LogP contribution in [0.4, 0.5) is 4.39 Å². The molecule has 0 radical (unpaired) electrons. The second kappa shape index (κ2) is 7.61. The van der Waals surface area contributed by atoms with Crippen LogP contribution in [0.25, 0.3) is 0 Å². The molecule has 0 saturated heterocycles. The molecular weight excluding hydrogens is 273 g/mol. The van der Waals surface area contributed by atoms with Crippen molar-refractivity contribution in [3.8, 4) is 0 Å². The van der Waals surface area contributed by atoms with E-state index in [9.17, 15) is 9.18 Å². The largest absolute Gasteiger partial charge is 0.409 e. The summed E-state index contributed by atoms with van der Waals surface area (Å²) < 4.78 is 14.1. The predicted molar refractivity (Wildman–Crippen MR) is 79.9 cm³/mol. The van der Waals surface area contributed by atoms with Gasteiger partial charge in [0.05, 0.1) is 5.56 Å². The molecule has 0 aliphatic rings. The number of halogens is 1. The van der Waals surface area contributed by atoms with E-state index in [2.05, 4.69) is 5.16 Å². The van der Waals surface area contributed by atoms with Crippen molar-refractivity contribution in [1.82, 2.24) is 4.90 Å². The second-order valence-corrected chi connectivity index (χ2v) is 5.42. The maximum absolute atomic E-state index is 14.1. The molecule has 6 heteroatoms. The minimum Gasteiger partial charge on any atom is -0.409 e. The van der Waals surface area contributed by atoms with E-state index in [4.69, 9.17) is 10.9 Å². The van der Waals surface area contributed by atoms with Gasteiger partial charge in [-0.15, -0.1) is 0 Å². The van der Waals surface area contributed by atoms with E-state index in [1.165, 1.54) is 11.0 Å². The highest BCUT2D eigenvalue weighted by molar-refractivity contribution is 5.95. The average molecular weight is 295 g/mol. The summed E-state index contributed by atoms with van der Waals surface area (Å²) in [6.07, 6.45) is 0.238. The molecule has 0 aliphatic heterocycles. The van der Waals surface area contributed by atoms with Crippen LogP contribution in [0.1, 0.15) is 36.2 Å². The van der Waals surface area contributed by atoms with Crippen LogP contribution in [0, 0.1) is 18.7 Å². The fourth-order valence-electron chi connectivity index (χ4n) is 2.00. The van der Waals surface area contributed by atoms with Crippen LogP contribution in [-0.2, 0) is 0 Å². The molecule has 0 unspecified atom stereocenters. The van der Waals surface area contributed by atoms with Crippen molar-refractivity contribution in [2.45, 2.75) is 27.2 Å². The summed E-state index contributed by atoms with van der Waals surface area (Å²) >= 11 is 0. The smallest absolute Gasteiger partial charge is 0.256 e. The van der Waals surface area contributed by atoms with E-state index >= 15 is 0 Å². The van der Waals surface area contributed by atoms with Crippen LogP contribution in [-0.4, -0.2) is 34.9 Å². The van der Waals surface area contributed by atoms with Crippen molar-refractivity contribution in [3.05, 3.63) is 35.1 Å². The number of hydrogen-bond donors (Lipinski definition) is 2. The third-order valence-corrected chi connectivity index (χ3v) is 3.06. The number of carbonyl (C=O) groups is 1. The lowest BCUT2D eigenvalue weighted by Gasteiger charge is -2.25. The first-order chi connectivity index (χ1) is 9.86. The molecule has 5 nitrogen and oxygen atoms in total. The lowest BCUT2D eigenvalue weighted by Crippen LogP contribution is -2.37. The zero-order valence-corrected chi connectivity index (χ0v) is 12.6. The van der Waals surface area contributed by atoms with Crippen LogP contribution >= 0.6 is 0 Å². The van der Waals surface area contributed by atoms with Gasteiger partial charge in [-0.1, -0.05) is 31.1 Å². The van der Waals surface area contributed by atoms with Gasteiger partial charge in [-0.05, 0) is 24.5 Å². The Morgan fingerprint density at radius 1 is 1.48 bits per heavy atom. The highest BCUT2D eigenvalue weighted by atomic mass is 19.1. The Labute approximate surface area is 124 Å². The molecule has 0 aromatic heterocycles.